The van der Waals surface area contributed by atoms with Crippen LogP contribution in [0.3, 0.4) is 0 Å². The van der Waals surface area contributed by atoms with Crippen LogP contribution in [0.4, 0.5) is 26.3 Å². The summed E-state index contributed by atoms with van der Waals surface area (Å²) < 4.78 is 118. The van der Waals surface area contributed by atoms with E-state index in [-0.39, 0.29) is 22.9 Å². The molecular weight excluding hydrogens is 553 g/mol. The van der Waals surface area contributed by atoms with Crippen molar-refractivity contribution in [2.24, 2.45) is 0 Å². The topological polar surface area (TPSA) is 175 Å². The van der Waals surface area contributed by atoms with E-state index in [0.717, 1.165) is 0 Å². The molecule has 0 radical (unpaired) electrons. The average Bonchev–Trinajstić information content (AvgIpc) is 2.66. The number of hydrogen-bond donors (Lipinski definition) is 1. The van der Waals surface area contributed by atoms with Crippen LogP contribution >= 0.6 is 0 Å². The molecule has 0 bridgehead atoms. The van der Waals surface area contributed by atoms with Gasteiger partial charge in [-0.1, -0.05) is 48.5 Å². The molecule has 0 saturated carbocycles. The van der Waals surface area contributed by atoms with Crippen molar-refractivity contribution in [2.75, 3.05) is 0 Å². The quantitative estimate of drug-likeness (QED) is 0.246. The molecule has 0 amide bonds. The Balaban J connectivity index is 0. The zero-order valence-corrected chi connectivity index (χ0v) is 19.9. The molecule has 0 spiro atoms. The molecule has 9 nitrogen and oxygen atoms in total. The number of halogens is 6. The Hall–Kier alpha value is -2.20. The number of carbonyl (C=O) groups is 1. The van der Waals surface area contributed by atoms with Gasteiger partial charge >= 0.3 is 28.4 Å². The molecule has 0 aliphatic rings. The van der Waals surface area contributed by atoms with Gasteiger partial charge in [0, 0.05) is 0 Å². The van der Waals surface area contributed by atoms with E-state index in [2.05, 4.69) is 0 Å². The monoisotopic (exact) mass is 566 g/mol. The van der Waals surface area contributed by atoms with Gasteiger partial charge in [-0.25, -0.2) is 16.8 Å². The Bertz CT molecular complexity index is 1140. The molecule has 2 aromatic rings. The van der Waals surface area contributed by atoms with Gasteiger partial charge in [0.05, 0.1) is 5.97 Å². The molecule has 2 rings (SSSR count). The van der Waals surface area contributed by atoms with Gasteiger partial charge in [0.15, 0.2) is 20.2 Å². The summed E-state index contributed by atoms with van der Waals surface area (Å²) in [6.07, 6.45) is 0. The second kappa shape index (κ2) is 12.7. The maximum atomic E-state index is 10.8. The predicted molar refractivity (Wildman–Crippen MR) is 103 cm³/mol. The van der Waals surface area contributed by atoms with E-state index in [0.29, 0.717) is 11.1 Å². The van der Waals surface area contributed by atoms with E-state index < -0.39 is 42.8 Å². The summed E-state index contributed by atoms with van der Waals surface area (Å²) in [4.78, 5) is 10.8. The van der Waals surface area contributed by atoms with Gasteiger partial charge in [-0.05, 0) is 29.7 Å². The Labute approximate surface area is 205 Å². The second-order valence-electron chi connectivity index (χ2n) is 6.11. The second-order valence-corrected chi connectivity index (χ2v) is 8.85. The smallest absolute Gasteiger partial charge is 0.741 e. The maximum absolute atomic E-state index is 10.8. The van der Waals surface area contributed by atoms with Crippen LogP contribution in [0.25, 0.3) is 0 Å². The number of carboxylic acid groups (broad SMARTS) is 1. The van der Waals surface area contributed by atoms with Crippen LogP contribution in [-0.4, -0.2) is 65.4 Å². The molecule has 0 aliphatic carbocycles. The molecule has 2 aromatic carbocycles. The SMILES string of the molecule is CC(O)(c1ccccc1)c1cccc(C(=O)[O-])c1.O=S(=O)([O-])C(F)(F)F.O=S(=O)([O-])C(F)(F)F.[Al+3]. The Morgan fingerprint density at radius 3 is 1.43 bits per heavy atom. The fourth-order valence-electron chi connectivity index (χ4n) is 1.88. The summed E-state index contributed by atoms with van der Waals surface area (Å²) in [5.74, 6) is -1.25. The van der Waals surface area contributed by atoms with E-state index in [9.17, 15) is 41.4 Å². The minimum Gasteiger partial charge on any atom is -0.741 e. The molecular formula is C17H13AlF6O9S2. The van der Waals surface area contributed by atoms with Crippen LogP contribution in [-0.2, 0) is 25.8 Å². The number of benzene rings is 2. The van der Waals surface area contributed by atoms with Crippen molar-refractivity contribution < 1.29 is 67.3 Å². The number of carboxylic acids is 1. The van der Waals surface area contributed by atoms with Gasteiger partial charge < -0.3 is 24.1 Å². The van der Waals surface area contributed by atoms with Crippen LogP contribution in [0.1, 0.15) is 28.4 Å². The molecule has 1 N–H and O–H groups in total. The fourth-order valence-corrected chi connectivity index (χ4v) is 1.88. The van der Waals surface area contributed by atoms with Gasteiger partial charge in [0.25, 0.3) is 0 Å². The van der Waals surface area contributed by atoms with Gasteiger partial charge in [-0.3, -0.25) is 0 Å². The summed E-state index contributed by atoms with van der Waals surface area (Å²) in [6, 6.07) is 15.3. The van der Waals surface area contributed by atoms with Crippen molar-refractivity contribution in [1.82, 2.24) is 0 Å². The van der Waals surface area contributed by atoms with Crippen LogP contribution in [0, 0.1) is 0 Å². The molecule has 18 heteroatoms. The van der Waals surface area contributed by atoms with Gasteiger partial charge in [0.1, 0.15) is 5.60 Å². The predicted octanol–water partition coefficient (Wildman–Crippen LogP) is 1.03. The number of carbonyl (C=O) groups excluding carboxylic acids is 1. The normalized spacial score (nSPS) is 13.5. The van der Waals surface area contributed by atoms with Crippen LogP contribution in [0.2, 0.25) is 0 Å². The molecule has 0 aliphatic heterocycles. The Kier molecular flexibility index (Phi) is 12.7. The van der Waals surface area contributed by atoms with Crippen molar-refractivity contribution >= 4 is 43.6 Å². The Morgan fingerprint density at radius 2 is 1.11 bits per heavy atom. The van der Waals surface area contributed by atoms with Crippen LogP contribution < -0.4 is 5.11 Å². The third kappa shape index (κ3) is 11.4. The first kappa shape index (κ1) is 35.0. The third-order valence-corrected chi connectivity index (χ3v) is 4.70. The zero-order chi connectivity index (χ0) is 27.2. The van der Waals surface area contributed by atoms with Crippen molar-refractivity contribution in [1.29, 1.82) is 0 Å². The number of aromatic carboxylic acids is 1. The molecule has 0 saturated heterocycles. The first-order valence-corrected chi connectivity index (χ1v) is 11.0. The molecule has 35 heavy (non-hydrogen) atoms. The molecule has 1 atom stereocenters. The van der Waals surface area contributed by atoms with E-state index >= 15 is 0 Å². The summed E-state index contributed by atoms with van der Waals surface area (Å²) in [7, 11) is -12.2. The molecule has 192 valence electrons. The largest absolute Gasteiger partial charge is 3.00 e. The number of hydrogen-bond acceptors (Lipinski definition) is 9. The fraction of sp³-hybridized carbons (Fsp3) is 0.235. The van der Waals surface area contributed by atoms with Gasteiger partial charge in [0.2, 0.25) is 0 Å². The van der Waals surface area contributed by atoms with Crippen molar-refractivity contribution in [3.05, 3.63) is 71.3 Å². The Morgan fingerprint density at radius 1 is 0.771 bits per heavy atom. The van der Waals surface area contributed by atoms with E-state index in [1.165, 1.54) is 12.1 Å². The van der Waals surface area contributed by atoms with Crippen molar-refractivity contribution in [3.63, 3.8) is 0 Å². The summed E-state index contributed by atoms with van der Waals surface area (Å²) in [5.41, 5.74) is -11.2. The summed E-state index contributed by atoms with van der Waals surface area (Å²) >= 11 is 0. The molecule has 0 heterocycles. The maximum Gasteiger partial charge on any atom is 3.00 e. The number of alkyl halides is 6. The van der Waals surface area contributed by atoms with Crippen molar-refractivity contribution in [2.45, 2.75) is 23.5 Å². The minimum atomic E-state index is -6.09. The first-order chi connectivity index (χ1) is 15.0. The zero-order valence-electron chi connectivity index (χ0n) is 17.1. The van der Waals surface area contributed by atoms with Gasteiger partial charge in [-0.15, -0.1) is 0 Å². The summed E-state index contributed by atoms with van der Waals surface area (Å²) in [5, 5.41) is 21.4. The minimum absolute atomic E-state index is 0. The van der Waals surface area contributed by atoms with Gasteiger partial charge in [-0.2, -0.15) is 26.3 Å². The first-order valence-electron chi connectivity index (χ1n) is 8.16. The number of aliphatic hydroxyl groups is 1. The van der Waals surface area contributed by atoms with Crippen molar-refractivity contribution in [3.8, 4) is 0 Å². The molecule has 0 fully saturated rings. The van der Waals surface area contributed by atoms with E-state index in [1.54, 1.807) is 31.2 Å². The summed E-state index contributed by atoms with van der Waals surface area (Å²) in [6.45, 7) is 1.64. The average molecular weight is 566 g/mol. The van der Waals surface area contributed by atoms with E-state index in [4.69, 9.17) is 25.9 Å². The van der Waals surface area contributed by atoms with E-state index in [1.807, 2.05) is 18.2 Å². The molecule has 1 unspecified atom stereocenters. The number of rotatable bonds is 3. The molecule has 0 aromatic heterocycles. The van der Waals surface area contributed by atoms with Crippen LogP contribution in [0.15, 0.2) is 54.6 Å². The third-order valence-electron chi connectivity index (χ3n) is 3.56. The standard InChI is InChI=1S/C15H14O3.2CHF3O3S.Al/c1-15(18,12-7-3-2-4-8-12)13-9-5-6-11(10-13)14(16)17;2*2-1(3,4)8(5,6)7;/h2-10,18H,1H3,(H,16,17);2*(H,5,6,7);/q;;;+3/p-3. The van der Waals surface area contributed by atoms with Crippen LogP contribution in [0.5, 0.6) is 0 Å².